The van der Waals surface area contributed by atoms with E-state index in [4.69, 9.17) is 4.74 Å². The van der Waals surface area contributed by atoms with E-state index in [-0.39, 0.29) is 10.2 Å². The highest BCUT2D eigenvalue weighted by Crippen LogP contribution is 2.24. The fourth-order valence-electron chi connectivity index (χ4n) is 1.89. The van der Waals surface area contributed by atoms with Crippen molar-refractivity contribution in [2.24, 2.45) is 0 Å². The zero-order valence-electron chi connectivity index (χ0n) is 15.2. The summed E-state index contributed by atoms with van der Waals surface area (Å²) < 4.78 is 5.24. The number of thioether (sulfide) groups is 2. The summed E-state index contributed by atoms with van der Waals surface area (Å²) in [6.45, 7) is 8.69. The van der Waals surface area contributed by atoms with Gasteiger partial charge in [-0.25, -0.2) is 4.79 Å². The summed E-state index contributed by atoms with van der Waals surface area (Å²) in [6.07, 6.45) is 4.21. The van der Waals surface area contributed by atoms with Crippen molar-refractivity contribution in [2.45, 2.75) is 16.7 Å². The highest BCUT2D eigenvalue weighted by molar-refractivity contribution is 8.14. The predicted molar refractivity (Wildman–Crippen MR) is 114 cm³/mol. The molecule has 0 spiro atoms. The number of benzene rings is 2. The molecule has 0 aliphatic heterocycles. The second kappa shape index (κ2) is 10.5. The monoisotopic (exact) mass is 410 g/mol. The van der Waals surface area contributed by atoms with Gasteiger partial charge >= 0.3 is 5.97 Å². The Hall–Kier alpha value is -2.83. The Morgan fingerprint density at radius 3 is 2.07 bits per heavy atom. The third-order valence-corrected chi connectivity index (χ3v) is 5.20. The Balaban J connectivity index is 1.90. The van der Waals surface area contributed by atoms with Gasteiger partial charge in [-0.05, 0) is 90.1 Å². The molecule has 0 saturated heterocycles. The Morgan fingerprint density at radius 2 is 1.50 bits per heavy atom. The van der Waals surface area contributed by atoms with Crippen LogP contribution < -0.4 is 4.74 Å². The molecule has 0 unspecified atom stereocenters. The molecular formula is C22H18O4S2. The molecule has 2 rings (SSSR count). The van der Waals surface area contributed by atoms with E-state index >= 15 is 0 Å². The number of hydrogen-bond acceptors (Lipinski definition) is 6. The number of rotatable bonds is 7. The van der Waals surface area contributed by atoms with Crippen LogP contribution in [0.15, 0.2) is 89.2 Å². The second-order valence-electron chi connectivity index (χ2n) is 5.59. The van der Waals surface area contributed by atoms with Crippen LogP contribution >= 0.6 is 23.5 Å². The van der Waals surface area contributed by atoms with Crippen molar-refractivity contribution < 1.29 is 19.1 Å². The van der Waals surface area contributed by atoms with Crippen molar-refractivity contribution in [3.05, 3.63) is 85.0 Å². The molecule has 6 heteroatoms. The maximum atomic E-state index is 11.9. The minimum absolute atomic E-state index is 0.106. The zero-order valence-corrected chi connectivity index (χ0v) is 16.8. The van der Waals surface area contributed by atoms with Crippen LogP contribution in [0.2, 0.25) is 0 Å². The van der Waals surface area contributed by atoms with E-state index in [1.165, 1.54) is 12.2 Å². The number of hydrogen-bond donors (Lipinski definition) is 0. The summed E-state index contributed by atoms with van der Waals surface area (Å²) in [4.78, 5) is 36.4. The first-order valence-corrected chi connectivity index (χ1v) is 9.82. The van der Waals surface area contributed by atoms with Gasteiger partial charge in [-0.15, -0.1) is 0 Å². The van der Waals surface area contributed by atoms with Gasteiger partial charge in [0.1, 0.15) is 5.75 Å². The molecule has 0 bridgehead atoms. The lowest BCUT2D eigenvalue weighted by Crippen LogP contribution is -2.03. The molecule has 0 N–H and O–H groups in total. The molecule has 0 heterocycles. The average Bonchev–Trinajstić information content (AvgIpc) is 2.68. The van der Waals surface area contributed by atoms with E-state index in [1.807, 2.05) is 0 Å². The second-order valence-corrected chi connectivity index (χ2v) is 7.71. The highest BCUT2D eigenvalue weighted by atomic mass is 32.2. The van der Waals surface area contributed by atoms with Gasteiger partial charge in [0.2, 0.25) is 10.2 Å². The van der Waals surface area contributed by atoms with Crippen molar-refractivity contribution in [3.63, 3.8) is 0 Å². The zero-order chi connectivity index (χ0) is 20.5. The molecule has 0 amide bonds. The third kappa shape index (κ3) is 7.06. The van der Waals surface area contributed by atoms with Crippen molar-refractivity contribution in [1.29, 1.82) is 0 Å². The van der Waals surface area contributed by atoms with E-state index in [0.29, 0.717) is 11.3 Å². The molecule has 142 valence electrons. The van der Waals surface area contributed by atoms with Crippen LogP contribution in [0.5, 0.6) is 5.75 Å². The van der Waals surface area contributed by atoms with Crippen LogP contribution in [0, 0.1) is 0 Å². The van der Waals surface area contributed by atoms with E-state index < -0.39 is 5.97 Å². The van der Waals surface area contributed by atoms with Gasteiger partial charge in [0.15, 0.2) is 0 Å². The van der Waals surface area contributed by atoms with E-state index in [9.17, 15) is 14.4 Å². The molecule has 2 aromatic carbocycles. The molecule has 0 aromatic heterocycles. The van der Waals surface area contributed by atoms with E-state index in [2.05, 4.69) is 13.2 Å². The Labute approximate surface area is 172 Å². The molecule has 0 radical (unpaired) electrons. The lowest BCUT2D eigenvalue weighted by Gasteiger charge is -2.03. The van der Waals surface area contributed by atoms with Gasteiger partial charge in [0.05, 0.1) is 0 Å². The SMILES string of the molecule is C=CC(=O)Sc1ccc(C=CC(=O)Oc2ccc(SC(=O)C(=C)C)cc2)cc1. The van der Waals surface area contributed by atoms with Gasteiger partial charge in [-0.1, -0.05) is 25.3 Å². The highest BCUT2D eigenvalue weighted by Gasteiger charge is 2.06. The Bertz CT molecular complexity index is 926. The number of carbonyl (C=O) groups is 3. The van der Waals surface area contributed by atoms with Crippen LogP contribution in [0.25, 0.3) is 6.08 Å². The van der Waals surface area contributed by atoms with Crippen LogP contribution in [0.3, 0.4) is 0 Å². The third-order valence-electron chi connectivity index (χ3n) is 3.28. The normalized spacial score (nSPS) is 10.5. The van der Waals surface area contributed by atoms with E-state index in [1.54, 1.807) is 61.5 Å². The quantitative estimate of drug-likeness (QED) is 0.267. The van der Waals surface area contributed by atoms with Crippen molar-refractivity contribution in [3.8, 4) is 5.75 Å². The lowest BCUT2D eigenvalue weighted by atomic mass is 10.2. The molecular weight excluding hydrogens is 392 g/mol. The molecule has 0 atom stereocenters. The lowest BCUT2D eigenvalue weighted by molar-refractivity contribution is -0.128. The number of carbonyl (C=O) groups excluding carboxylic acids is 3. The van der Waals surface area contributed by atoms with Gasteiger partial charge < -0.3 is 4.74 Å². The average molecular weight is 411 g/mol. The van der Waals surface area contributed by atoms with Crippen molar-refractivity contribution in [1.82, 2.24) is 0 Å². The summed E-state index contributed by atoms with van der Waals surface area (Å²) in [5.41, 5.74) is 1.28. The van der Waals surface area contributed by atoms with E-state index in [0.717, 1.165) is 38.9 Å². The van der Waals surface area contributed by atoms with Crippen LogP contribution in [0.1, 0.15) is 12.5 Å². The summed E-state index contributed by atoms with van der Waals surface area (Å²) in [5, 5.41) is -0.230. The first-order chi connectivity index (χ1) is 13.4. The van der Waals surface area contributed by atoms with Crippen LogP contribution in [-0.4, -0.2) is 16.2 Å². The largest absolute Gasteiger partial charge is 0.423 e. The fourth-order valence-corrected chi connectivity index (χ4v) is 3.14. The van der Waals surface area contributed by atoms with Gasteiger partial charge in [-0.2, -0.15) is 0 Å². The standard InChI is InChI=1S/C22H18O4S2/c1-4-21(24)27-18-10-5-16(6-11-18)7-14-20(23)26-17-8-12-19(13-9-17)28-22(25)15(2)3/h4-14H,1-2H2,3H3. The van der Waals surface area contributed by atoms with Crippen LogP contribution in [0.4, 0.5) is 0 Å². The molecule has 0 saturated carbocycles. The predicted octanol–water partition coefficient (Wildman–Crippen LogP) is 5.30. The first-order valence-electron chi connectivity index (χ1n) is 8.19. The molecule has 4 nitrogen and oxygen atoms in total. The maximum absolute atomic E-state index is 11.9. The topological polar surface area (TPSA) is 60.4 Å². The molecule has 0 aliphatic rings. The van der Waals surface area contributed by atoms with Crippen molar-refractivity contribution >= 4 is 45.8 Å². The fraction of sp³-hybridized carbons (Fsp3) is 0.0455. The minimum atomic E-state index is -0.515. The minimum Gasteiger partial charge on any atom is -0.423 e. The molecule has 2 aromatic rings. The smallest absolute Gasteiger partial charge is 0.336 e. The molecule has 0 fully saturated rings. The Morgan fingerprint density at radius 1 is 0.929 bits per heavy atom. The number of esters is 1. The first kappa shape index (κ1) is 21.5. The Kier molecular flexibility index (Phi) is 8.04. The summed E-state index contributed by atoms with van der Waals surface area (Å²) >= 11 is 2.16. The number of ether oxygens (including phenoxy) is 1. The van der Waals surface area contributed by atoms with Crippen molar-refractivity contribution in [2.75, 3.05) is 0 Å². The van der Waals surface area contributed by atoms with Gasteiger partial charge in [0, 0.05) is 15.9 Å². The maximum Gasteiger partial charge on any atom is 0.336 e. The molecule has 28 heavy (non-hydrogen) atoms. The van der Waals surface area contributed by atoms with Crippen LogP contribution in [-0.2, 0) is 14.4 Å². The summed E-state index contributed by atoms with van der Waals surface area (Å²) in [7, 11) is 0. The summed E-state index contributed by atoms with van der Waals surface area (Å²) in [6, 6.07) is 13.8. The van der Waals surface area contributed by atoms with Gasteiger partial charge in [-0.3, -0.25) is 9.59 Å². The molecule has 0 aliphatic carbocycles. The van der Waals surface area contributed by atoms with Gasteiger partial charge in [0.25, 0.3) is 0 Å². The summed E-state index contributed by atoms with van der Waals surface area (Å²) in [5.74, 6) is -0.129.